The molecule has 1 atom stereocenters. The summed E-state index contributed by atoms with van der Waals surface area (Å²) in [6.45, 7) is 0.725. The molecule has 0 saturated carbocycles. The highest BCUT2D eigenvalue weighted by molar-refractivity contribution is 14.1. The van der Waals surface area contributed by atoms with Crippen molar-refractivity contribution in [2.45, 2.75) is 18.9 Å². The number of fused-ring (bicyclic) bond motifs is 1. The molecule has 2 aromatic rings. The van der Waals surface area contributed by atoms with Gasteiger partial charge in [0.15, 0.2) is 5.43 Å². The molecule has 1 aromatic heterocycles. The lowest BCUT2D eigenvalue weighted by atomic mass is 10.1. The fraction of sp³-hybridized carbons (Fsp3) is 0.357. The van der Waals surface area contributed by atoms with Crippen LogP contribution in [0.15, 0.2) is 27.4 Å². The molecule has 2 heterocycles. The van der Waals surface area contributed by atoms with Crippen LogP contribution >= 0.6 is 22.6 Å². The topological polar surface area (TPSA) is 48.7 Å². The van der Waals surface area contributed by atoms with Gasteiger partial charge in [-0.1, -0.05) is 0 Å². The summed E-state index contributed by atoms with van der Waals surface area (Å²) in [7, 11) is 1.56. The van der Waals surface area contributed by atoms with Gasteiger partial charge in [-0.05, 0) is 47.6 Å². The van der Waals surface area contributed by atoms with Gasteiger partial charge in [-0.2, -0.15) is 0 Å². The summed E-state index contributed by atoms with van der Waals surface area (Å²) in [6, 6.07) is 5.21. The zero-order valence-electron chi connectivity index (χ0n) is 10.4. The van der Waals surface area contributed by atoms with E-state index in [4.69, 9.17) is 13.9 Å². The van der Waals surface area contributed by atoms with Gasteiger partial charge >= 0.3 is 0 Å². The molecule has 1 aliphatic heterocycles. The molecule has 0 spiro atoms. The number of benzene rings is 1. The molecule has 0 N–H and O–H groups in total. The number of halogens is 1. The van der Waals surface area contributed by atoms with Crippen LogP contribution in [0, 0.1) is 3.57 Å². The van der Waals surface area contributed by atoms with E-state index in [-0.39, 0.29) is 11.5 Å². The third-order valence-electron chi connectivity index (χ3n) is 3.27. The maximum absolute atomic E-state index is 12.3. The van der Waals surface area contributed by atoms with E-state index in [9.17, 15) is 4.79 Å². The van der Waals surface area contributed by atoms with Crippen LogP contribution in [0.3, 0.4) is 0 Å². The minimum atomic E-state index is -0.0950. The van der Waals surface area contributed by atoms with E-state index in [0.717, 1.165) is 23.0 Å². The maximum atomic E-state index is 12.3. The van der Waals surface area contributed by atoms with E-state index >= 15 is 0 Å². The van der Waals surface area contributed by atoms with Crippen molar-refractivity contribution in [1.29, 1.82) is 0 Å². The Balaban J connectivity index is 2.22. The summed E-state index contributed by atoms with van der Waals surface area (Å²) in [6.07, 6.45) is 1.81. The predicted octanol–water partition coefficient (Wildman–Crippen LogP) is 3.26. The van der Waals surface area contributed by atoms with Crippen LogP contribution in [0.2, 0.25) is 0 Å². The molecule has 1 saturated heterocycles. The van der Waals surface area contributed by atoms with Crippen molar-refractivity contribution in [1.82, 2.24) is 0 Å². The Kier molecular flexibility index (Phi) is 3.49. The minimum absolute atomic E-state index is 0.0814. The van der Waals surface area contributed by atoms with E-state index in [0.29, 0.717) is 22.5 Å². The molecule has 1 fully saturated rings. The Bertz CT molecular complexity index is 671. The lowest BCUT2D eigenvalue weighted by Crippen LogP contribution is -2.07. The van der Waals surface area contributed by atoms with Gasteiger partial charge in [0, 0.05) is 12.7 Å². The lowest BCUT2D eigenvalue weighted by molar-refractivity contribution is 0.0939. The molecule has 100 valence electrons. The summed E-state index contributed by atoms with van der Waals surface area (Å²) < 4.78 is 17.6. The van der Waals surface area contributed by atoms with Gasteiger partial charge in [0.05, 0.1) is 10.7 Å². The first-order valence-corrected chi connectivity index (χ1v) is 7.20. The zero-order chi connectivity index (χ0) is 13.4. The average Bonchev–Trinajstić information content (AvgIpc) is 2.93. The second-order valence-electron chi connectivity index (χ2n) is 4.47. The van der Waals surface area contributed by atoms with E-state index in [2.05, 4.69) is 22.6 Å². The molecule has 4 nitrogen and oxygen atoms in total. The number of methoxy groups -OCH3 is 1. The van der Waals surface area contributed by atoms with E-state index in [1.165, 1.54) is 6.07 Å². The van der Waals surface area contributed by atoms with Crippen LogP contribution < -0.4 is 10.2 Å². The highest BCUT2D eigenvalue weighted by Gasteiger charge is 2.22. The number of hydrogen-bond donors (Lipinski definition) is 0. The van der Waals surface area contributed by atoms with Crippen LogP contribution in [-0.4, -0.2) is 13.7 Å². The van der Waals surface area contributed by atoms with Crippen LogP contribution in [0.1, 0.15) is 24.7 Å². The van der Waals surface area contributed by atoms with E-state index < -0.39 is 0 Å². The highest BCUT2D eigenvalue weighted by Crippen LogP contribution is 2.33. The lowest BCUT2D eigenvalue weighted by Gasteiger charge is -2.11. The number of ether oxygens (including phenoxy) is 2. The van der Waals surface area contributed by atoms with Crippen LogP contribution in [0.5, 0.6) is 5.75 Å². The molecule has 0 amide bonds. The third kappa shape index (κ3) is 2.25. The standard InChI is InChI=1S/C14H13IO4/c1-17-14-8(15)4-5-11-13(14)9(16)7-12(19-11)10-3-2-6-18-10/h4-5,7,10H,2-3,6H2,1H3. The molecular weight excluding hydrogens is 359 g/mol. The molecule has 1 unspecified atom stereocenters. The predicted molar refractivity (Wildman–Crippen MR) is 79.7 cm³/mol. The molecule has 3 rings (SSSR count). The van der Waals surface area contributed by atoms with Gasteiger partial charge in [0.1, 0.15) is 28.6 Å². The molecule has 0 bridgehead atoms. The highest BCUT2D eigenvalue weighted by atomic mass is 127. The molecule has 1 aliphatic rings. The second kappa shape index (κ2) is 5.13. The van der Waals surface area contributed by atoms with Gasteiger partial charge in [-0.15, -0.1) is 0 Å². The first kappa shape index (κ1) is 12.9. The monoisotopic (exact) mass is 372 g/mol. The SMILES string of the molecule is COc1c(I)ccc2oc(C3CCCO3)cc(=O)c12. The zero-order valence-corrected chi connectivity index (χ0v) is 12.6. The van der Waals surface area contributed by atoms with Gasteiger partial charge in [-0.3, -0.25) is 4.79 Å². The van der Waals surface area contributed by atoms with Gasteiger partial charge < -0.3 is 13.9 Å². The summed E-state index contributed by atoms with van der Waals surface area (Å²) >= 11 is 2.14. The molecule has 19 heavy (non-hydrogen) atoms. The molecule has 1 aromatic carbocycles. The quantitative estimate of drug-likeness (QED) is 0.760. The minimum Gasteiger partial charge on any atom is -0.495 e. The third-order valence-corrected chi connectivity index (χ3v) is 4.12. The van der Waals surface area contributed by atoms with Crippen molar-refractivity contribution < 1.29 is 13.9 Å². The van der Waals surface area contributed by atoms with Gasteiger partial charge in [0.2, 0.25) is 0 Å². The first-order chi connectivity index (χ1) is 9.20. The van der Waals surface area contributed by atoms with Crippen molar-refractivity contribution in [3.63, 3.8) is 0 Å². The Hall–Kier alpha value is -1.08. The fourth-order valence-electron chi connectivity index (χ4n) is 2.38. The Morgan fingerprint density at radius 1 is 1.42 bits per heavy atom. The van der Waals surface area contributed by atoms with Crippen LogP contribution in [-0.2, 0) is 4.74 Å². The Morgan fingerprint density at radius 3 is 2.95 bits per heavy atom. The summed E-state index contributed by atoms with van der Waals surface area (Å²) in [5.41, 5.74) is 0.470. The molecule has 0 radical (unpaired) electrons. The molecule has 5 heteroatoms. The fourth-order valence-corrected chi connectivity index (χ4v) is 3.05. The van der Waals surface area contributed by atoms with Crippen molar-refractivity contribution >= 4 is 33.6 Å². The average molecular weight is 372 g/mol. The largest absolute Gasteiger partial charge is 0.495 e. The van der Waals surface area contributed by atoms with E-state index in [1.807, 2.05) is 6.07 Å². The van der Waals surface area contributed by atoms with Gasteiger partial charge in [0.25, 0.3) is 0 Å². The normalized spacial score (nSPS) is 18.9. The summed E-state index contributed by atoms with van der Waals surface area (Å²) in [4.78, 5) is 12.3. The van der Waals surface area contributed by atoms with Crippen LogP contribution in [0.4, 0.5) is 0 Å². The summed E-state index contributed by atoms with van der Waals surface area (Å²) in [5.74, 6) is 1.18. The van der Waals surface area contributed by atoms with Crippen molar-refractivity contribution in [3.05, 3.63) is 37.8 Å². The smallest absolute Gasteiger partial charge is 0.196 e. The Labute approximate surface area is 123 Å². The number of hydrogen-bond acceptors (Lipinski definition) is 4. The molecule has 0 aliphatic carbocycles. The molecular formula is C14H13IO4. The first-order valence-electron chi connectivity index (χ1n) is 6.12. The number of rotatable bonds is 2. The maximum Gasteiger partial charge on any atom is 0.196 e. The van der Waals surface area contributed by atoms with Crippen molar-refractivity contribution in [2.75, 3.05) is 13.7 Å². The second-order valence-corrected chi connectivity index (χ2v) is 5.63. The van der Waals surface area contributed by atoms with Crippen molar-refractivity contribution in [2.24, 2.45) is 0 Å². The van der Waals surface area contributed by atoms with Crippen LogP contribution in [0.25, 0.3) is 11.0 Å². The summed E-state index contributed by atoms with van der Waals surface area (Å²) in [5, 5.41) is 0.496. The van der Waals surface area contributed by atoms with Crippen molar-refractivity contribution in [3.8, 4) is 5.75 Å². The van der Waals surface area contributed by atoms with E-state index in [1.54, 1.807) is 13.2 Å². The van der Waals surface area contributed by atoms with Gasteiger partial charge in [-0.25, -0.2) is 0 Å². The Morgan fingerprint density at radius 2 is 2.26 bits per heavy atom.